The highest BCUT2D eigenvalue weighted by Crippen LogP contribution is 3.02. The lowest BCUT2D eigenvalue weighted by Gasteiger charge is -2.47. The van der Waals surface area contributed by atoms with Crippen LogP contribution in [0.1, 0.15) is 25.7 Å². The summed E-state index contributed by atoms with van der Waals surface area (Å²) < 4.78 is 97.6. The second kappa shape index (κ2) is 8.45. The van der Waals surface area contributed by atoms with E-state index >= 15 is 0 Å². The fraction of sp³-hybridized carbons (Fsp3) is 0.500. The van der Waals surface area contributed by atoms with E-state index in [-0.39, 0.29) is 29.7 Å². The minimum absolute atomic E-state index is 0.192. The molecule has 2 aromatic carbocycles. The van der Waals surface area contributed by atoms with E-state index in [9.17, 15) is 27.8 Å². The van der Waals surface area contributed by atoms with Gasteiger partial charge in [0.2, 0.25) is 10.0 Å². The van der Waals surface area contributed by atoms with Crippen molar-refractivity contribution < 1.29 is 32.6 Å². The van der Waals surface area contributed by atoms with Crippen LogP contribution in [0.15, 0.2) is 58.3 Å². The number of halogens is 5. The molecule has 3 heterocycles. The van der Waals surface area contributed by atoms with Gasteiger partial charge in [-0.1, -0.05) is 19.4 Å². The van der Waals surface area contributed by atoms with Crippen LogP contribution >= 0.6 is 10.2 Å². The summed E-state index contributed by atoms with van der Waals surface area (Å²) >= 11 is 0. The van der Waals surface area contributed by atoms with Crippen LogP contribution in [-0.2, 0) is 14.8 Å². The first-order chi connectivity index (χ1) is 17.1. The Morgan fingerprint density at radius 2 is 1.41 bits per heavy atom. The van der Waals surface area contributed by atoms with E-state index in [1.54, 1.807) is 12.1 Å². The Balaban J connectivity index is 1.16. The number of nitrogens with one attached hydrogen (secondary N) is 1. The molecule has 0 atom stereocenters. The maximum absolute atomic E-state index is 13.2. The fourth-order valence-corrected chi connectivity index (χ4v) is 7.30. The molecule has 13 heteroatoms. The number of sulfonamides is 1. The molecule has 0 saturated carbocycles. The van der Waals surface area contributed by atoms with E-state index in [1.165, 1.54) is 4.31 Å². The van der Waals surface area contributed by atoms with Crippen molar-refractivity contribution in [3.63, 3.8) is 0 Å². The maximum Gasteiger partial charge on any atom is 0.310 e. The molecule has 6 nitrogen and oxygen atoms in total. The van der Waals surface area contributed by atoms with Crippen molar-refractivity contribution in [2.75, 3.05) is 49.6 Å². The first-order valence-electron chi connectivity index (χ1n) is 12.2. The Morgan fingerprint density at radius 3 is 1.89 bits per heavy atom. The third kappa shape index (κ3) is 5.69. The minimum Gasteiger partial charge on any atom is -0.382 e. The van der Waals surface area contributed by atoms with Crippen LogP contribution in [0.25, 0.3) is 0 Å². The molecule has 1 N–H and O–H groups in total. The maximum atomic E-state index is 13.2. The summed E-state index contributed by atoms with van der Waals surface area (Å²) in [5.74, 6) is 0. The number of anilines is 2. The molecule has 0 aliphatic carbocycles. The summed E-state index contributed by atoms with van der Waals surface area (Å²) in [6, 6.07) is 9.44. The van der Waals surface area contributed by atoms with E-state index in [0.717, 1.165) is 57.0 Å². The number of rotatable bonds is 6. The van der Waals surface area contributed by atoms with Crippen LogP contribution in [0.4, 0.5) is 30.8 Å². The molecule has 3 aliphatic rings. The number of hydrogen-bond donors (Lipinski definition) is 1. The summed E-state index contributed by atoms with van der Waals surface area (Å²) in [7, 11) is -13.4. The van der Waals surface area contributed by atoms with Gasteiger partial charge in [-0.2, -0.15) is 4.31 Å². The standard InChI is InChI=1S/C24H30F5N3O3S2/c25-37(26,27,28,29)23-7-1-19(2-8-23)30-20-9-13-32(14-10-20)36(33,34)22-5-3-21(4-6-22)31-15-11-24(12-16-31)17-35-18-24/h1-8,20,30H,9-18H2. The second-order valence-corrected chi connectivity index (χ2v) is 14.6. The van der Waals surface area contributed by atoms with Gasteiger partial charge in [-0.3, -0.25) is 0 Å². The van der Waals surface area contributed by atoms with Gasteiger partial charge >= 0.3 is 10.2 Å². The summed E-state index contributed by atoms with van der Waals surface area (Å²) in [6.45, 7) is 3.96. The normalized spacial score (nSPS) is 23.2. The van der Waals surface area contributed by atoms with E-state index in [2.05, 4.69) is 10.2 Å². The van der Waals surface area contributed by atoms with Crippen molar-refractivity contribution in [1.82, 2.24) is 4.31 Å². The van der Waals surface area contributed by atoms with Gasteiger partial charge in [0.1, 0.15) is 4.90 Å². The molecule has 0 amide bonds. The number of benzene rings is 2. The molecule has 0 bridgehead atoms. The number of piperidine rings is 2. The lowest BCUT2D eigenvalue weighted by atomic mass is 9.77. The Hall–Kier alpha value is -2.09. The average Bonchev–Trinajstić information content (AvgIpc) is 2.82. The van der Waals surface area contributed by atoms with Crippen molar-refractivity contribution in [2.45, 2.75) is 41.5 Å². The molecule has 5 rings (SSSR count). The van der Waals surface area contributed by atoms with E-state index in [0.29, 0.717) is 30.4 Å². The van der Waals surface area contributed by atoms with E-state index in [4.69, 9.17) is 4.74 Å². The van der Waals surface area contributed by atoms with Gasteiger partial charge in [0.05, 0.1) is 18.1 Å². The van der Waals surface area contributed by atoms with Gasteiger partial charge in [-0.25, -0.2) is 8.42 Å². The fourth-order valence-electron chi connectivity index (χ4n) is 5.18. The molecule has 0 unspecified atom stereocenters. The minimum atomic E-state index is -9.71. The average molecular weight is 568 g/mol. The molecule has 37 heavy (non-hydrogen) atoms. The van der Waals surface area contributed by atoms with Crippen LogP contribution in [0.5, 0.6) is 0 Å². The number of nitrogens with zero attached hydrogens (tertiary/aromatic N) is 2. The van der Waals surface area contributed by atoms with Gasteiger partial charge < -0.3 is 15.0 Å². The highest BCUT2D eigenvalue weighted by Gasteiger charge is 2.65. The topological polar surface area (TPSA) is 61.9 Å². The number of ether oxygens (including phenoxy) is 1. The summed E-state index contributed by atoms with van der Waals surface area (Å²) in [4.78, 5) is 0.547. The van der Waals surface area contributed by atoms with Crippen molar-refractivity contribution in [1.29, 1.82) is 0 Å². The monoisotopic (exact) mass is 567 g/mol. The molecule has 0 aromatic heterocycles. The predicted molar refractivity (Wildman–Crippen MR) is 134 cm³/mol. The van der Waals surface area contributed by atoms with Crippen molar-refractivity contribution >= 4 is 31.6 Å². The molecule has 0 radical (unpaired) electrons. The first kappa shape index (κ1) is 26.5. The zero-order valence-corrected chi connectivity index (χ0v) is 21.7. The molecule has 3 saturated heterocycles. The largest absolute Gasteiger partial charge is 0.382 e. The Kier molecular flexibility index (Phi) is 6.06. The van der Waals surface area contributed by atoms with Crippen molar-refractivity contribution in [3.05, 3.63) is 48.5 Å². The summed E-state index contributed by atoms with van der Waals surface area (Å²) in [5.41, 5.74) is 1.59. The van der Waals surface area contributed by atoms with Gasteiger partial charge in [0, 0.05) is 49.0 Å². The van der Waals surface area contributed by atoms with Crippen molar-refractivity contribution in [2.24, 2.45) is 5.41 Å². The van der Waals surface area contributed by atoms with Crippen LogP contribution in [0, 0.1) is 5.41 Å². The molecule has 206 valence electrons. The van der Waals surface area contributed by atoms with Crippen LogP contribution in [0.3, 0.4) is 0 Å². The van der Waals surface area contributed by atoms with Crippen molar-refractivity contribution in [3.8, 4) is 0 Å². The second-order valence-electron chi connectivity index (χ2n) is 10.3. The lowest BCUT2D eigenvalue weighted by Crippen LogP contribution is -2.50. The van der Waals surface area contributed by atoms with Gasteiger partial charge in [0.25, 0.3) is 0 Å². The molecule has 2 aromatic rings. The molecule has 3 aliphatic heterocycles. The molecular formula is C24H30F5N3O3S2. The predicted octanol–water partition coefficient (Wildman–Crippen LogP) is 6.23. The quantitative estimate of drug-likeness (QED) is 0.420. The SMILES string of the molecule is O=S(=O)(c1ccc(N2CCC3(CC2)COC3)cc1)N1CCC(Nc2ccc(S(F)(F)(F)(F)F)cc2)CC1. The first-order valence-corrected chi connectivity index (χ1v) is 15.6. The third-order valence-corrected chi connectivity index (χ3v) is 10.7. The highest BCUT2D eigenvalue weighted by molar-refractivity contribution is 8.45. The van der Waals surface area contributed by atoms with Gasteiger partial charge in [0.15, 0.2) is 0 Å². The Labute approximate surface area is 213 Å². The third-order valence-electron chi connectivity index (χ3n) is 7.60. The Bertz CT molecular complexity index is 1230. The van der Waals surface area contributed by atoms with E-state index < -0.39 is 25.1 Å². The number of hydrogen-bond acceptors (Lipinski definition) is 5. The van der Waals surface area contributed by atoms with Crippen LogP contribution < -0.4 is 10.2 Å². The molecular weight excluding hydrogens is 537 g/mol. The van der Waals surface area contributed by atoms with Gasteiger partial charge in [-0.15, -0.1) is 0 Å². The smallest absolute Gasteiger partial charge is 0.310 e. The van der Waals surface area contributed by atoms with Gasteiger partial charge in [-0.05, 0) is 74.2 Å². The zero-order valence-electron chi connectivity index (χ0n) is 20.1. The summed E-state index contributed by atoms with van der Waals surface area (Å²) in [5, 5.41) is 3.02. The molecule has 3 fully saturated rings. The van der Waals surface area contributed by atoms with Crippen LogP contribution in [-0.4, -0.2) is 58.2 Å². The van der Waals surface area contributed by atoms with Crippen LogP contribution in [0.2, 0.25) is 0 Å². The lowest BCUT2D eigenvalue weighted by molar-refractivity contribution is -0.124. The summed E-state index contributed by atoms with van der Waals surface area (Å²) in [6.07, 6.45) is 2.99. The Morgan fingerprint density at radius 1 is 0.838 bits per heavy atom. The molecule has 1 spiro atoms. The zero-order chi connectivity index (χ0) is 26.6. The van der Waals surface area contributed by atoms with E-state index in [1.807, 2.05) is 12.1 Å². The highest BCUT2D eigenvalue weighted by atomic mass is 32.5.